The molecule has 0 saturated heterocycles. The first-order chi connectivity index (χ1) is 11.5. The minimum absolute atomic E-state index is 0.0104. The molecule has 0 aliphatic carbocycles. The van der Waals surface area contributed by atoms with Crippen molar-refractivity contribution < 1.29 is 18.0 Å². The molecule has 1 aromatic heterocycles. The molecular weight excluding hydrogens is 378 g/mol. The first-order valence-corrected chi connectivity index (χ1v) is 8.15. The standard InChI is InChI=1S/C16H16Cl2F3N3O/c1-4-15(2,3)23-14(25)11-13(16(19,20)21)24(8-22-11)12-9(17)6-5-7-10(12)18/h5-8H,4H2,1-3H3,(H,23,25). The Balaban J connectivity index is 2.63. The highest BCUT2D eigenvalue weighted by Gasteiger charge is 2.41. The molecule has 9 heteroatoms. The summed E-state index contributed by atoms with van der Waals surface area (Å²) in [6.45, 7) is 5.23. The second-order valence-corrected chi connectivity index (χ2v) is 6.89. The van der Waals surface area contributed by atoms with E-state index in [9.17, 15) is 18.0 Å². The minimum atomic E-state index is -4.83. The van der Waals surface area contributed by atoms with E-state index in [1.807, 2.05) is 6.92 Å². The van der Waals surface area contributed by atoms with Crippen LogP contribution in [0.25, 0.3) is 5.69 Å². The fraction of sp³-hybridized carbons (Fsp3) is 0.375. The third-order valence-electron chi connectivity index (χ3n) is 3.77. The van der Waals surface area contributed by atoms with Crippen molar-refractivity contribution in [1.82, 2.24) is 14.9 Å². The Morgan fingerprint density at radius 2 is 1.80 bits per heavy atom. The Morgan fingerprint density at radius 1 is 1.24 bits per heavy atom. The topological polar surface area (TPSA) is 46.9 Å². The average Bonchev–Trinajstić information content (AvgIpc) is 2.91. The molecule has 0 aliphatic heterocycles. The van der Waals surface area contributed by atoms with E-state index in [4.69, 9.17) is 23.2 Å². The van der Waals surface area contributed by atoms with E-state index in [-0.39, 0.29) is 15.7 Å². The number of nitrogens with zero attached hydrogens (tertiary/aromatic N) is 2. The predicted molar refractivity (Wildman–Crippen MR) is 90.4 cm³/mol. The Labute approximate surface area is 152 Å². The lowest BCUT2D eigenvalue weighted by Gasteiger charge is -2.24. The molecule has 2 aromatic rings. The van der Waals surface area contributed by atoms with Crippen molar-refractivity contribution in [1.29, 1.82) is 0 Å². The van der Waals surface area contributed by atoms with E-state index in [1.165, 1.54) is 18.2 Å². The number of hydrogen-bond acceptors (Lipinski definition) is 2. The van der Waals surface area contributed by atoms with Crippen molar-refractivity contribution in [3.8, 4) is 5.69 Å². The largest absolute Gasteiger partial charge is 0.434 e. The molecule has 0 aliphatic rings. The zero-order valence-electron chi connectivity index (χ0n) is 13.7. The fourth-order valence-corrected chi connectivity index (χ4v) is 2.71. The summed E-state index contributed by atoms with van der Waals surface area (Å²) in [5.41, 5.74) is -2.72. The zero-order valence-corrected chi connectivity index (χ0v) is 15.2. The molecule has 4 nitrogen and oxygen atoms in total. The Bertz CT molecular complexity index is 780. The van der Waals surface area contributed by atoms with Gasteiger partial charge in [0.25, 0.3) is 5.91 Å². The van der Waals surface area contributed by atoms with Crippen LogP contribution in [0, 0.1) is 0 Å². The summed E-state index contributed by atoms with van der Waals surface area (Å²) in [6, 6.07) is 4.32. The maximum atomic E-state index is 13.6. The molecule has 136 valence electrons. The maximum Gasteiger partial charge on any atom is 0.434 e. The van der Waals surface area contributed by atoms with Crippen LogP contribution in [0.5, 0.6) is 0 Å². The van der Waals surface area contributed by atoms with Crippen LogP contribution in [-0.2, 0) is 6.18 Å². The summed E-state index contributed by atoms with van der Waals surface area (Å²) >= 11 is 12.0. The van der Waals surface area contributed by atoms with Crippen molar-refractivity contribution in [3.63, 3.8) is 0 Å². The van der Waals surface area contributed by atoms with Crippen LogP contribution >= 0.6 is 23.2 Å². The van der Waals surface area contributed by atoms with Crippen molar-refractivity contribution in [2.24, 2.45) is 0 Å². The van der Waals surface area contributed by atoms with E-state index >= 15 is 0 Å². The summed E-state index contributed by atoms with van der Waals surface area (Å²) in [5, 5.41) is 2.57. The number of alkyl halides is 3. The molecule has 0 unspecified atom stereocenters. The molecule has 1 amide bonds. The third-order valence-corrected chi connectivity index (χ3v) is 4.38. The number of benzene rings is 1. The lowest BCUT2D eigenvalue weighted by atomic mass is 10.0. The van der Waals surface area contributed by atoms with Gasteiger partial charge in [-0.15, -0.1) is 0 Å². The third kappa shape index (κ3) is 4.10. The number of hydrogen-bond donors (Lipinski definition) is 1. The highest BCUT2D eigenvalue weighted by atomic mass is 35.5. The van der Waals surface area contributed by atoms with Gasteiger partial charge in [0.2, 0.25) is 0 Å². The number of nitrogens with one attached hydrogen (secondary N) is 1. The van der Waals surface area contributed by atoms with Gasteiger partial charge in [0.1, 0.15) is 6.33 Å². The molecule has 0 bridgehead atoms. The minimum Gasteiger partial charge on any atom is -0.346 e. The molecular formula is C16H16Cl2F3N3O. The highest BCUT2D eigenvalue weighted by molar-refractivity contribution is 6.37. The van der Waals surface area contributed by atoms with Gasteiger partial charge in [-0.05, 0) is 32.4 Å². The molecule has 2 rings (SSSR count). The average molecular weight is 394 g/mol. The van der Waals surface area contributed by atoms with Crippen molar-refractivity contribution >= 4 is 29.1 Å². The first kappa shape index (κ1) is 19.6. The molecule has 1 aromatic carbocycles. The van der Waals surface area contributed by atoms with Crippen LogP contribution in [0.1, 0.15) is 43.4 Å². The van der Waals surface area contributed by atoms with Crippen molar-refractivity contribution in [3.05, 3.63) is 46.0 Å². The smallest absolute Gasteiger partial charge is 0.346 e. The SMILES string of the molecule is CCC(C)(C)NC(=O)c1ncn(-c2c(Cl)cccc2Cl)c1C(F)(F)F. The maximum absolute atomic E-state index is 13.6. The van der Waals surface area contributed by atoms with Gasteiger partial charge in [-0.3, -0.25) is 9.36 Å². The van der Waals surface area contributed by atoms with Crippen LogP contribution in [-0.4, -0.2) is 21.0 Å². The van der Waals surface area contributed by atoms with Crippen LogP contribution < -0.4 is 5.32 Å². The van der Waals surface area contributed by atoms with Gasteiger partial charge in [-0.25, -0.2) is 4.98 Å². The molecule has 0 saturated carbocycles. The van der Waals surface area contributed by atoms with E-state index in [0.717, 1.165) is 6.33 Å². The van der Waals surface area contributed by atoms with Gasteiger partial charge in [0.05, 0.1) is 15.7 Å². The number of para-hydroxylation sites is 1. The Hall–Kier alpha value is -1.73. The lowest BCUT2D eigenvalue weighted by Crippen LogP contribution is -2.43. The number of amides is 1. The van der Waals surface area contributed by atoms with Gasteiger partial charge in [0.15, 0.2) is 11.4 Å². The van der Waals surface area contributed by atoms with Gasteiger partial charge >= 0.3 is 6.18 Å². The highest BCUT2D eigenvalue weighted by Crippen LogP contribution is 2.37. The summed E-state index contributed by atoms with van der Waals surface area (Å²) < 4.78 is 41.6. The Kier molecular flexibility index (Phi) is 5.39. The molecule has 1 N–H and O–H groups in total. The van der Waals surface area contributed by atoms with Crippen molar-refractivity contribution in [2.75, 3.05) is 0 Å². The van der Waals surface area contributed by atoms with E-state index in [0.29, 0.717) is 11.0 Å². The normalized spacial score (nSPS) is 12.3. The van der Waals surface area contributed by atoms with Crippen LogP contribution in [0.3, 0.4) is 0 Å². The molecule has 1 heterocycles. The second-order valence-electron chi connectivity index (χ2n) is 6.07. The number of aromatic nitrogens is 2. The second kappa shape index (κ2) is 6.88. The molecule has 25 heavy (non-hydrogen) atoms. The summed E-state index contributed by atoms with van der Waals surface area (Å²) in [5.74, 6) is -0.916. The number of imidazole rings is 1. The number of halogens is 5. The van der Waals surface area contributed by atoms with Crippen LogP contribution in [0.4, 0.5) is 13.2 Å². The van der Waals surface area contributed by atoms with Crippen LogP contribution in [0.2, 0.25) is 10.0 Å². The summed E-state index contributed by atoms with van der Waals surface area (Å²) in [6.07, 6.45) is -3.40. The van der Waals surface area contributed by atoms with E-state index < -0.39 is 29.0 Å². The number of rotatable bonds is 4. The Morgan fingerprint density at radius 3 is 2.28 bits per heavy atom. The van der Waals surface area contributed by atoms with Crippen molar-refractivity contribution in [2.45, 2.75) is 38.9 Å². The molecule has 0 spiro atoms. The van der Waals surface area contributed by atoms with Gasteiger partial charge in [-0.1, -0.05) is 36.2 Å². The van der Waals surface area contributed by atoms with Gasteiger partial charge in [0, 0.05) is 5.54 Å². The number of carbonyl (C=O) groups is 1. The molecule has 0 radical (unpaired) electrons. The van der Waals surface area contributed by atoms with Crippen LogP contribution in [0.15, 0.2) is 24.5 Å². The number of carbonyl (C=O) groups excluding carboxylic acids is 1. The molecule has 0 atom stereocenters. The van der Waals surface area contributed by atoms with E-state index in [1.54, 1.807) is 13.8 Å². The van der Waals surface area contributed by atoms with Gasteiger partial charge in [-0.2, -0.15) is 13.2 Å². The monoisotopic (exact) mass is 393 g/mol. The zero-order chi connectivity index (χ0) is 19.0. The predicted octanol–water partition coefficient (Wildman–Crippen LogP) is 5.12. The van der Waals surface area contributed by atoms with Gasteiger partial charge < -0.3 is 5.32 Å². The molecule has 0 fully saturated rings. The van der Waals surface area contributed by atoms with E-state index in [2.05, 4.69) is 10.3 Å². The quantitative estimate of drug-likeness (QED) is 0.783. The summed E-state index contributed by atoms with van der Waals surface area (Å²) in [7, 11) is 0. The fourth-order valence-electron chi connectivity index (χ4n) is 2.13. The summed E-state index contributed by atoms with van der Waals surface area (Å²) in [4.78, 5) is 16.0. The first-order valence-electron chi connectivity index (χ1n) is 7.39. The lowest BCUT2D eigenvalue weighted by molar-refractivity contribution is -0.142.